The number of primary amides is 1. The van der Waals surface area contributed by atoms with Crippen LogP contribution >= 0.6 is 0 Å². The lowest BCUT2D eigenvalue weighted by Gasteiger charge is -2.11. The van der Waals surface area contributed by atoms with Crippen LogP contribution in [0.15, 0.2) is 42.5 Å². The van der Waals surface area contributed by atoms with Crippen LogP contribution in [0.4, 0.5) is 17.1 Å². The van der Waals surface area contributed by atoms with Crippen molar-refractivity contribution in [3.05, 3.63) is 48.0 Å². The van der Waals surface area contributed by atoms with E-state index < -0.39 is 5.91 Å². The van der Waals surface area contributed by atoms with Crippen LogP contribution in [0, 0.1) is 0 Å². The first kappa shape index (κ1) is 12.8. The maximum Gasteiger partial charge on any atom is 0.248 e. The van der Waals surface area contributed by atoms with Gasteiger partial charge in [0.15, 0.2) is 0 Å². The van der Waals surface area contributed by atoms with Gasteiger partial charge in [-0.15, -0.1) is 0 Å². The number of nitrogen functional groups attached to an aromatic ring is 1. The zero-order valence-electron chi connectivity index (χ0n) is 10.5. The molecule has 0 heterocycles. The molecule has 19 heavy (non-hydrogen) atoms. The number of nitrogens with two attached hydrogens (primary N) is 2. The van der Waals surface area contributed by atoms with E-state index in [2.05, 4.69) is 5.32 Å². The molecule has 98 valence electrons. The number of hydrogen-bond acceptors (Lipinski definition) is 4. The molecule has 0 saturated carbocycles. The lowest BCUT2D eigenvalue weighted by molar-refractivity contribution is 0.100. The minimum absolute atomic E-state index is 0.402. The molecular formula is C14H15N3O2. The Kier molecular flexibility index (Phi) is 3.56. The van der Waals surface area contributed by atoms with Crippen molar-refractivity contribution in [1.82, 2.24) is 0 Å². The van der Waals surface area contributed by atoms with Crippen molar-refractivity contribution < 1.29 is 9.53 Å². The van der Waals surface area contributed by atoms with Gasteiger partial charge >= 0.3 is 0 Å². The lowest BCUT2D eigenvalue weighted by atomic mass is 10.1. The fraction of sp³-hybridized carbons (Fsp3) is 0.0714. The van der Waals surface area contributed by atoms with Gasteiger partial charge in [-0.25, -0.2) is 0 Å². The van der Waals surface area contributed by atoms with Gasteiger partial charge in [0.25, 0.3) is 0 Å². The van der Waals surface area contributed by atoms with Crippen LogP contribution in [0.1, 0.15) is 10.4 Å². The molecule has 2 aromatic carbocycles. The standard InChI is InChI=1S/C14H15N3O2/c1-19-11-4-2-3-10(8-11)17-13-7-9(14(16)18)5-6-12(13)15/h2-8,17H,15H2,1H3,(H2,16,18). The number of carbonyl (C=O) groups is 1. The Balaban J connectivity index is 2.31. The normalized spacial score (nSPS) is 9.95. The molecule has 5 N–H and O–H groups in total. The monoisotopic (exact) mass is 257 g/mol. The summed E-state index contributed by atoms with van der Waals surface area (Å²) in [4.78, 5) is 11.2. The van der Waals surface area contributed by atoms with E-state index in [4.69, 9.17) is 16.2 Å². The Bertz CT molecular complexity index is 611. The number of ether oxygens (including phenoxy) is 1. The number of carbonyl (C=O) groups excluding carboxylic acids is 1. The summed E-state index contributed by atoms with van der Waals surface area (Å²) in [5.74, 6) is 0.239. The summed E-state index contributed by atoms with van der Waals surface area (Å²) in [5.41, 5.74) is 13.5. The first-order valence-corrected chi connectivity index (χ1v) is 5.70. The van der Waals surface area contributed by atoms with Gasteiger partial charge < -0.3 is 21.5 Å². The Morgan fingerprint density at radius 3 is 2.68 bits per heavy atom. The number of methoxy groups -OCH3 is 1. The van der Waals surface area contributed by atoms with Crippen LogP contribution in [0.5, 0.6) is 5.75 Å². The number of anilines is 3. The van der Waals surface area contributed by atoms with Gasteiger partial charge in [-0.1, -0.05) is 6.07 Å². The molecule has 0 bridgehead atoms. The second-order valence-corrected chi connectivity index (χ2v) is 4.02. The predicted octanol–water partition coefficient (Wildman–Crippen LogP) is 2.12. The molecule has 0 aliphatic rings. The maximum absolute atomic E-state index is 11.2. The molecule has 5 heteroatoms. The van der Waals surface area contributed by atoms with E-state index in [1.165, 1.54) is 0 Å². The van der Waals surface area contributed by atoms with Crippen LogP contribution in [-0.4, -0.2) is 13.0 Å². The van der Waals surface area contributed by atoms with Crippen molar-refractivity contribution in [2.75, 3.05) is 18.2 Å². The van der Waals surface area contributed by atoms with E-state index in [-0.39, 0.29) is 0 Å². The Labute approximate surface area is 111 Å². The summed E-state index contributed by atoms with van der Waals surface area (Å²) < 4.78 is 5.14. The van der Waals surface area contributed by atoms with E-state index in [1.54, 1.807) is 25.3 Å². The highest BCUT2D eigenvalue weighted by atomic mass is 16.5. The third-order valence-electron chi connectivity index (χ3n) is 2.69. The minimum Gasteiger partial charge on any atom is -0.497 e. The summed E-state index contributed by atoms with van der Waals surface area (Å²) in [6, 6.07) is 12.3. The van der Waals surface area contributed by atoms with Crippen molar-refractivity contribution in [1.29, 1.82) is 0 Å². The van der Waals surface area contributed by atoms with Crippen molar-refractivity contribution in [2.45, 2.75) is 0 Å². The zero-order valence-corrected chi connectivity index (χ0v) is 10.5. The van der Waals surface area contributed by atoms with Crippen molar-refractivity contribution in [3.8, 4) is 5.75 Å². The van der Waals surface area contributed by atoms with E-state index in [0.29, 0.717) is 16.9 Å². The van der Waals surface area contributed by atoms with Crippen LogP contribution in [0.25, 0.3) is 0 Å². The summed E-state index contributed by atoms with van der Waals surface area (Å²) in [6.45, 7) is 0. The molecule has 2 aromatic rings. The molecule has 2 rings (SSSR count). The number of nitrogens with one attached hydrogen (secondary N) is 1. The van der Waals surface area contributed by atoms with Gasteiger partial charge in [0, 0.05) is 17.3 Å². The second-order valence-electron chi connectivity index (χ2n) is 4.02. The highest BCUT2D eigenvalue weighted by Crippen LogP contribution is 2.26. The van der Waals surface area contributed by atoms with Crippen LogP contribution in [0.3, 0.4) is 0 Å². The van der Waals surface area contributed by atoms with Gasteiger partial charge in [0.2, 0.25) is 5.91 Å². The zero-order chi connectivity index (χ0) is 13.8. The largest absolute Gasteiger partial charge is 0.497 e. The number of hydrogen-bond donors (Lipinski definition) is 3. The van der Waals surface area contributed by atoms with Crippen molar-refractivity contribution >= 4 is 23.0 Å². The predicted molar refractivity (Wildman–Crippen MR) is 75.6 cm³/mol. The van der Waals surface area contributed by atoms with E-state index >= 15 is 0 Å². The van der Waals surface area contributed by atoms with Gasteiger partial charge in [0.1, 0.15) is 5.75 Å². The molecule has 0 unspecified atom stereocenters. The average molecular weight is 257 g/mol. The Morgan fingerprint density at radius 2 is 2.00 bits per heavy atom. The fourth-order valence-corrected chi connectivity index (χ4v) is 1.67. The van der Waals surface area contributed by atoms with Crippen molar-refractivity contribution in [3.63, 3.8) is 0 Å². The summed E-state index contributed by atoms with van der Waals surface area (Å²) >= 11 is 0. The maximum atomic E-state index is 11.2. The number of rotatable bonds is 4. The topological polar surface area (TPSA) is 90.4 Å². The second kappa shape index (κ2) is 5.30. The molecule has 0 aromatic heterocycles. The third kappa shape index (κ3) is 2.95. The van der Waals surface area contributed by atoms with Crippen LogP contribution in [0.2, 0.25) is 0 Å². The number of amides is 1. The Morgan fingerprint density at radius 1 is 1.21 bits per heavy atom. The molecule has 0 spiro atoms. The average Bonchev–Trinajstić information content (AvgIpc) is 2.41. The summed E-state index contributed by atoms with van der Waals surface area (Å²) in [6.07, 6.45) is 0. The fourth-order valence-electron chi connectivity index (χ4n) is 1.67. The first-order chi connectivity index (χ1) is 9.10. The van der Waals surface area contributed by atoms with Crippen LogP contribution < -0.4 is 21.5 Å². The van der Waals surface area contributed by atoms with E-state index in [1.807, 2.05) is 24.3 Å². The Hall–Kier alpha value is -2.69. The molecule has 0 saturated heterocycles. The highest BCUT2D eigenvalue weighted by molar-refractivity contribution is 5.95. The molecule has 0 aliphatic heterocycles. The summed E-state index contributed by atoms with van der Waals surface area (Å²) in [7, 11) is 1.60. The highest BCUT2D eigenvalue weighted by Gasteiger charge is 2.06. The quantitative estimate of drug-likeness (QED) is 0.732. The van der Waals surface area contributed by atoms with Gasteiger partial charge in [-0.2, -0.15) is 0 Å². The van der Waals surface area contributed by atoms with E-state index in [9.17, 15) is 4.79 Å². The van der Waals surface area contributed by atoms with Crippen LogP contribution in [-0.2, 0) is 0 Å². The lowest BCUT2D eigenvalue weighted by Crippen LogP contribution is -2.11. The molecular weight excluding hydrogens is 242 g/mol. The van der Waals surface area contributed by atoms with Gasteiger partial charge in [-0.3, -0.25) is 4.79 Å². The first-order valence-electron chi connectivity index (χ1n) is 5.70. The van der Waals surface area contributed by atoms with Crippen molar-refractivity contribution in [2.24, 2.45) is 5.73 Å². The molecule has 0 aliphatic carbocycles. The molecule has 0 radical (unpaired) electrons. The molecule has 5 nitrogen and oxygen atoms in total. The molecule has 1 amide bonds. The molecule has 0 atom stereocenters. The minimum atomic E-state index is -0.492. The SMILES string of the molecule is COc1cccc(Nc2cc(C(N)=O)ccc2N)c1. The molecule has 0 fully saturated rings. The number of benzene rings is 2. The van der Waals surface area contributed by atoms with Gasteiger partial charge in [-0.05, 0) is 30.3 Å². The van der Waals surface area contributed by atoms with E-state index in [0.717, 1.165) is 11.4 Å². The summed E-state index contributed by atoms with van der Waals surface area (Å²) in [5, 5.41) is 3.13. The smallest absolute Gasteiger partial charge is 0.248 e. The third-order valence-corrected chi connectivity index (χ3v) is 2.69. The van der Waals surface area contributed by atoms with Gasteiger partial charge in [0.05, 0.1) is 18.5 Å².